The lowest BCUT2D eigenvalue weighted by atomic mass is 10.0. The van der Waals surface area contributed by atoms with Gasteiger partial charge in [-0.15, -0.1) is 0 Å². The minimum Gasteiger partial charge on any atom is -0.354 e. The van der Waals surface area contributed by atoms with Crippen molar-refractivity contribution in [2.24, 2.45) is 0 Å². The van der Waals surface area contributed by atoms with Crippen molar-refractivity contribution in [1.82, 2.24) is 14.5 Å². The first kappa shape index (κ1) is 28.0. The molecule has 4 rings (SSSR count). The molecule has 0 aliphatic carbocycles. The molecular formula is C30H33N3O5S. The topological polar surface area (TPSA) is 104 Å². The molecule has 0 bridgehead atoms. The molecule has 0 aromatic heterocycles. The van der Waals surface area contributed by atoms with Gasteiger partial charge in [0.25, 0.3) is 15.9 Å². The molecule has 0 fully saturated rings. The minimum absolute atomic E-state index is 0.0557. The third-order valence-corrected chi connectivity index (χ3v) is 8.58. The number of benzene rings is 3. The van der Waals surface area contributed by atoms with Gasteiger partial charge in [-0.3, -0.25) is 14.4 Å². The Balaban J connectivity index is 1.62. The van der Waals surface area contributed by atoms with Crippen LogP contribution in [0, 0.1) is 6.92 Å². The van der Waals surface area contributed by atoms with Gasteiger partial charge < -0.3 is 10.2 Å². The van der Waals surface area contributed by atoms with Crippen LogP contribution in [0.1, 0.15) is 46.8 Å². The third kappa shape index (κ3) is 6.37. The Morgan fingerprint density at radius 3 is 2.26 bits per heavy atom. The molecule has 1 heterocycles. The van der Waals surface area contributed by atoms with E-state index in [-0.39, 0.29) is 35.9 Å². The summed E-state index contributed by atoms with van der Waals surface area (Å²) in [6.45, 7) is 4.24. The molecule has 0 saturated carbocycles. The van der Waals surface area contributed by atoms with Crippen LogP contribution >= 0.6 is 0 Å². The van der Waals surface area contributed by atoms with E-state index in [0.717, 1.165) is 27.4 Å². The van der Waals surface area contributed by atoms with E-state index in [1.54, 1.807) is 12.1 Å². The van der Waals surface area contributed by atoms with E-state index in [2.05, 4.69) is 5.32 Å². The molecule has 1 aliphatic heterocycles. The van der Waals surface area contributed by atoms with Gasteiger partial charge in [-0.1, -0.05) is 79.2 Å². The molecule has 9 heteroatoms. The van der Waals surface area contributed by atoms with Crippen LogP contribution in [0.5, 0.6) is 0 Å². The maximum absolute atomic E-state index is 13.8. The van der Waals surface area contributed by atoms with Crippen LogP contribution < -0.4 is 5.32 Å². The quantitative estimate of drug-likeness (QED) is 0.394. The highest BCUT2D eigenvalue weighted by Crippen LogP contribution is 2.30. The zero-order valence-electron chi connectivity index (χ0n) is 22.2. The van der Waals surface area contributed by atoms with Crippen molar-refractivity contribution in [2.75, 3.05) is 13.1 Å². The van der Waals surface area contributed by atoms with Crippen molar-refractivity contribution < 1.29 is 22.8 Å². The highest BCUT2D eigenvalue weighted by molar-refractivity contribution is 7.90. The largest absolute Gasteiger partial charge is 0.354 e. The van der Waals surface area contributed by atoms with Crippen LogP contribution in [0.3, 0.4) is 0 Å². The van der Waals surface area contributed by atoms with Gasteiger partial charge in [-0.25, -0.2) is 12.7 Å². The second-order valence-corrected chi connectivity index (χ2v) is 11.5. The lowest BCUT2D eigenvalue weighted by molar-refractivity contribution is -0.141. The Morgan fingerprint density at radius 2 is 1.59 bits per heavy atom. The predicted octanol–water partition coefficient (Wildman–Crippen LogP) is 3.70. The lowest BCUT2D eigenvalue weighted by Crippen LogP contribution is -2.51. The molecule has 0 radical (unpaired) electrons. The summed E-state index contributed by atoms with van der Waals surface area (Å²) in [6.07, 6.45) is 0.780. The highest BCUT2D eigenvalue weighted by atomic mass is 32.2. The first-order valence-electron chi connectivity index (χ1n) is 13.0. The first-order valence-corrected chi connectivity index (χ1v) is 14.5. The first-order chi connectivity index (χ1) is 18.7. The summed E-state index contributed by atoms with van der Waals surface area (Å²) in [7, 11) is -4.04. The molecular weight excluding hydrogens is 514 g/mol. The van der Waals surface area contributed by atoms with Crippen LogP contribution in [0.4, 0.5) is 0 Å². The monoisotopic (exact) mass is 547 g/mol. The van der Waals surface area contributed by atoms with Gasteiger partial charge in [0.1, 0.15) is 10.9 Å². The SMILES string of the molecule is CCCNC(=O)[C@H](Cc1ccccc1)N(Cc1ccc(C)cc1)C(=O)CCN1C(=O)c2ccccc2S1(=O)=O. The van der Waals surface area contributed by atoms with Gasteiger partial charge >= 0.3 is 0 Å². The van der Waals surface area contributed by atoms with Gasteiger partial charge in [-0.2, -0.15) is 0 Å². The molecule has 3 aromatic rings. The second-order valence-electron chi connectivity index (χ2n) is 9.63. The number of amides is 3. The Morgan fingerprint density at radius 1 is 0.923 bits per heavy atom. The van der Waals surface area contributed by atoms with E-state index in [1.807, 2.05) is 68.4 Å². The number of fused-ring (bicyclic) bond motifs is 1. The zero-order chi connectivity index (χ0) is 28.0. The summed E-state index contributed by atoms with van der Waals surface area (Å²) in [6, 6.07) is 22.3. The number of aryl methyl sites for hydroxylation is 1. The fourth-order valence-corrected chi connectivity index (χ4v) is 6.17. The van der Waals surface area contributed by atoms with Crippen molar-refractivity contribution in [3.63, 3.8) is 0 Å². The van der Waals surface area contributed by atoms with Gasteiger partial charge in [0.15, 0.2) is 0 Å². The van der Waals surface area contributed by atoms with Crippen molar-refractivity contribution >= 4 is 27.7 Å². The van der Waals surface area contributed by atoms with Crippen LogP contribution in [-0.4, -0.2) is 54.5 Å². The molecule has 3 aromatic carbocycles. The fraction of sp³-hybridized carbons (Fsp3) is 0.300. The summed E-state index contributed by atoms with van der Waals surface area (Å²) >= 11 is 0. The van der Waals surface area contributed by atoms with E-state index in [9.17, 15) is 22.8 Å². The number of nitrogens with zero attached hydrogens (tertiary/aromatic N) is 2. The van der Waals surface area contributed by atoms with Crippen molar-refractivity contribution in [3.8, 4) is 0 Å². The Labute approximate surface area is 229 Å². The van der Waals surface area contributed by atoms with Gasteiger partial charge in [0.2, 0.25) is 11.8 Å². The Kier molecular flexibility index (Phi) is 8.81. The van der Waals surface area contributed by atoms with Crippen LogP contribution in [0.2, 0.25) is 0 Å². The summed E-state index contributed by atoms with van der Waals surface area (Å²) in [5, 5.41) is 2.92. The van der Waals surface area contributed by atoms with Crippen molar-refractivity contribution in [1.29, 1.82) is 0 Å². The van der Waals surface area contributed by atoms with Crippen LogP contribution in [-0.2, 0) is 32.6 Å². The van der Waals surface area contributed by atoms with E-state index in [4.69, 9.17) is 0 Å². The number of hydrogen-bond acceptors (Lipinski definition) is 5. The smallest absolute Gasteiger partial charge is 0.269 e. The van der Waals surface area contributed by atoms with Gasteiger partial charge in [0, 0.05) is 32.5 Å². The summed E-state index contributed by atoms with van der Waals surface area (Å²) < 4.78 is 26.8. The fourth-order valence-electron chi connectivity index (χ4n) is 4.60. The number of nitrogens with one attached hydrogen (secondary N) is 1. The molecule has 0 spiro atoms. The zero-order valence-corrected chi connectivity index (χ0v) is 23.0. The molecule has 1 atom stereocenters. The number of hydrogen-bond donors (Lipinski definition) is 1. The molecule has 0 saturated heterocycles. The second kappa shape index (κ2) is 12.3. The molecule has 3 amide bonds. The van der Waals surface area contributed by atoms with E-state index >= 15 is 0 Å². The van der Waals surface area contributed by atoms with Crippen LogP contribution in [0.15, 0.2) is 83.8 Å². The molecule has 1 N–H and O–H groups in total. The standard InChI is InChI=1S/C30H33N3O5S/c1-3-18-31-29(35)26(20-23-9-5-4-6-10-23)32(21-24-15-13-22(2)14-16-24)28(34)17-19-33-30(36)25-11-7-8-12-27(25)39(33,37)38/h4-16,26H,3,17-21H2,1-2H3,(H,31,35)/t26-/m0/s1. The average Bonchev–Trinajstić information content (AvgIpc) is 3.14. The van der Waals surface area contributed by atoms with E-state index in [1.165, 1.54) is 17.0 Å². The lowest BCUT2D eigenvalue weighted by Gasteiger charge is -2.32. The number of sulfonamides is 1. The van der Waals surface area contributed by atoms with E-state index < -0.39 is 27.9 Å². The summed E-state index contributed by atoms with van der Waals surface area (Å²) in [5.74, 6) is -1.34. The Hall–Kier alpha value is -3.98. The average molecular weight is 548 g/mol. The molecule has 8 nitrogen and oxygen atoms in total. The summed E-state index contributed by atoms with van der Waals surface area (Å²) in [4.78, 5) is 41.5. The normalized spacial score (nSPS) is 14.5. The van der Waals surface area contributed by atoms with Gasteiger partial charge in [0.05, 0.1) is 5.56 Å². The maximum atomic E-state index is 13.8. The Bertz CT molecular complexity index is 1440. The van der Waals surface area contributed by atoms with Crippen LogP contribution in [0.25, 0.3) is 0 Å². The van der Waals surface area contributed by atoms with Crippen molar-refractivity contribution in [2.45, 2.75) is 50.6 Å². The maximum Gasteiger partial charge on any atom is 0.269 e. The number of carbonyl (C=O) groups is 3. The van der Waals surface area contributed by atoms with Crippen molar-refractivity contribution in [3.05, 3.63) is 101 Å². The number of carbonyl (C=O) groups excluding carboxylic acids is 3. The van der Waals surface area contributed by atoms with Gasteiger partial charge in [-0.05, 0) is 36.6 Å². The summed E-state index contributed by atoms with van der Waals surface area (Å²) in [5.41, 5.74) is 2.90. The van der Waals surface area contributed by atoms with E-state index in [0.29, 0.717) is 13.0 Å². The predicted molar refractivity (Wildman–Crippen MR) is 148 cm³/mol. The highest BCUT2D eigenvalue weighted by Gasteiger charge is 2.41. The molecule has 204 valence electrons. The molecule has 0 unspecified atom stereocenters. The minimum atomic E-state index is -4.04. The molecule has 39 heavy (non-hydrogen) atoms. The molecule has 1 aliphatic rings. The third-order valence-electron chi connectivity index (χ3n) is 6.73. The number of rotatable bonds is 11.